The van der Waals surface area contributed by atoms with E-state index in [1.165, 1.54) is 18.5 Å². The lowest BCUT2D eigenvalue weighted by atomic mass is 10.0. The highest BCUT2D eigenvalue weighted by Crippen LogP contribution is 2.31. The van der Waals surface area contributed by atoms with Crippen molar-refractivity contribution in [3.05, 3.63) is 47.9 Å². The predicted octanol–water partition coefficient (Wildman–Crippen LogP) is 2.29. The van der Waals surface area contributed by atoms with Crippen molar-refractivity contribution in [2.75, 3.05) is 13.1 Å². The molecule has 0 spiro atoms. The minimum Gasteiger partial charge on any atom is -0.487 e. The smallest absolute Gasteiger partial charge is 0.273 e. The summed E-state index contributed by atoms with van der Waals surface area (Å²) in [5.74, 6) is 0.0877. The van der Waals surface area contributed by atoms with E-state index in [1.807, 2.05) is 0 Å². The predicted molar refractivity (Wildman–Crippen MR) is 103 cm³/mol. The maximum absolute atomic E-state index is 13.5. The van der Waals surface area contributed by atoms with Crippen LogP contribution in [0.25, 0.3) is 0 Å². The molecule has 1 aliphatic carbocycles. The molecule has 2 aliphatic rings. The number of carbonyl (C=O) groups is 1. The Labute approximate surface area is 168 Å². The van der Waals surface area contributed by atoms with Gasteiger partial charge in [-0.2, -0.15) is 0 Å². The monoisotopic (exact) mass is 403 g/mol. The number of hydrogen-bond acceptors (Lipinski definition) is 6. The van der Waals surface area contributed by atoms with Crippen LogP contribution in [0, 0.1) is 12.7 Å². The van der Waals surface area contributed by atoms with Crippen LogP contribution < -0.4 is 10.1 Å². The molecule has 1 aromatic carbocycles. The first kappa shape index (κ1) is 19.8. The highest BCUT2D eigenvalue weighted by molar-refractivity contribution is 5.93. The number of halogens is 1. The van der Waals surface area contributed by atoms with E-state index in [2.05, 4.69) is 15.2 Å². The minimum absolute atomic E-state index is 0.242. The SMILES string of the molecule is Cc1ocnc1C(=O)N[C@@H]1C[C@@H](Oc2cccc(F)c2)[C@H](O)[C@H]1N1CCCCC1. The second-order valence-corrected chi connectivity index (χ2v) is 7.76. The number of oxazole rings is 1. The molecule has 1 saturated heterocycles. The highest BCUT2D eigenvalue weighted by Gasteiger charge is 2.47. The van der Waals surface area contributed by atoms with E-state index >= 15 is 0 Å². The molecule has 2 heterocycles. The van der Waals surface area contributed by atoms with Crippen molar-refractivity contribution < 1.29 is 23.4 Å². The van der Waals surface area contributed by atoms with Crippen molar-refractivity contribution in [1.29, 1.82) is 0 Å². The number of hydrogen-bond donors (Lipinski definition) is 2. The number of likely N-dealkylation sites (tertiary alicyclic amines) is 1. The van der Waals surface area contributed by atoms with Gasteiger partial charge in [0.25, 0.3) is 5.91 Å². The van der Waals surface area contributed by atoms with E-state index in [4.69, 9.17) is 9.15 Å². The summed E-state index contributed by atoms with van der Waals surface area (Å²) in [7, 11) is 0. The van der Waals surface area contributed by atoms with Gasteiger partial charge in [0.2, 0.25) is 0 Å². The van der Waals surface area contributed by atoms with Crippen molar-refractivity contribution in [3.63, 3.8) is 0 Å². The quantitative estimate of drug-likeness (QED) is 0.797. The number of carbonyl (C=O) groups excluding carboxylic acids is 1. The molecule has 1 amide bonds. The lowest BCUT2D eigenvalue weighted by Gasteiger charge is -2.37. The van der Waals surface area contributed by atoms with Gasteiger partial charge < -0.3 is 19.6 Å². The number of aliphatic hydroxyl groups excluding tert-OH is 1. The fraction of sp³-hybridized carbons (Fsp3) is 0.524. The van der Waals surface area contributed by atoms with Crippen LogP contribution >= 0.6 is 0 Å². The largest absolute Gasteiger partial charge is 0.487 e. The third-order valence-electron chi connectivity index (χ3n) is 5.80. The Bertz CT molecular complexity index is 852. The summed E-state index contributed by atoms with van der Waals surface area (Å²) in [5.41, 5.74) is 0.242. The first-order valence-corrected chi connectivity index (χ1v) is 10.1. The maximum Gasteiger partial charge on any atom is 0.273 e. The fourth-order valence-electron chi connectivity index (χ4n) is 4.41. The molecule has 8 heteroatoms. The summed E-state index contributed by atoms with van der Waals surface area (Å²) >= 11 is 0. The number of nitrogens with zero attached hydrogens (tertiary/aromatic N) is 2. The number of rotatable bonds is 5. The number of aromatic nitrogens is 1. The summed E-state index contributed by atoms with van der Waals surface area (Å²) < 4.78 is 24.6. The minimum atomic E-state index is -0.805. The molecule has 0 bridgehead atoms. The van der Waals surface area contributed by atoms with E-state index in [9.17, 15) is 14.3 Å². The number of piperidine rings is 1. The van der Waals surface area contributed by atoms with Gasteiger partial charge in [-0.05, 0) is 45.0 Å². The van der Waals surface area contributed by atoms with Crippen molar-refractivity contribution >= 4 is 5.91 Å². The lowest BCUT2D eigenvalue weighted by molar-refractivity contribution is 0.00136. The van der Waals surface area contributed by atoms with Gasteiger partial charge in [-0.15, -0.1) is 0 Å². The summed E-state index contributed by atoms with van der Waals surface area (Å²) in [5, 5.41) is 14.1. The molecule has 1 aromatic heterocycles. The van der Waals surface area contributed by atoms with E-state index in [0.29, 0.717) is 17.9 Å². The van der Waals surface area contributed by atoms with Crippen LogP contribution in [0.15, 0.2) is 35.1 Å². The van der Waals surface area contributed by atoms with Crippen LogP contribution in [-0.4, -0.2) is 58.3 Å². The van der Waals surface area contributed by atoms with Crippen LogP contribution in [-0.2, 0) is 0 Å². The zero-order valence-corrected chi connectivity index (χ0v) is 16.4. The van der Waals surface area contributed by atoms with Crippen LogP contribution in [0.2, 0.25) is 0 Å². The molecular formula is C21H26FN3O4. The molecule has 0 unspecified atom stereocenters. The van der Waals surface area contributed by atoms with Gasteiger partial charge in [-0.3, -0.25) is 9.69 Å². The van der Waals surface area contributed by atoms with Gasteiger partial charge in [-0.25, -0.2) is 9.37 Å². The van der Waals surface area contributed by atoms with Gasteiger partial charge in [0, 0.05) is 12.5 Å². The van der Waals surface area contributed by atoms with Crippen LogP contribution in [0.1, 0.15) is 41.9 Å². The van der Waals surface area contributed by atoms with Crippen molar-refractivity contribution in [1.82, 2.24) is 15.2 Å². The number of amides is 1. The normalized spacial score (nSPS) is 27.7. The second kappa shape index (κ2) is 8.51. The molecule has 4 rings (SSSR count). The third-order valence-corrected chi connectivity index (χ3v) is 5.80. The van der Waals surface area contributed by atoms with E-state index in [0.717, 1.165) is 32.4 Å². The Hall–Kier alpha value is -2.45. The third kappa shape index (κ3) is 4.28. The molecule has 29 heavy (non-hydrogen) atoms. The van der Waals surface area contributed by atoms with Gasteiger partial charge in [-0.1, -0.05) is 12.5 Å². The number of benzene rings is 1. The summed E-state index contributed by atoms with van der Waals surface area (Å²) in [4.78, 5) is 18.9. The van der Waals surface area contributed by atoms with Crippen LogP contribution in [0.4, 0.5) is 4.39 Å². The van der Waals surface area contributed by atoms with E-state index < -0.39 is 18.0 Å². The molecule has 0 radical (unpaired) electrons. The Morgan fingerprint density at radius 1 is 1.34 bits per heavy atom. The zero-order valence-electron chi connectivity index (χ0n) is 16.4. The molecule has 4 atom stereocenters. The first-order chi connectivity index (χ1) is 14.0. The molecule has 156 valence electrons. The number of ether oxygens (including phenoxy) is 1. The Balaban J connectivity index is 1.53. The molecule has 2 aromatic rings. The molecule has 1 saturated carbocycles. The topological polar surface area (TPSA) is 87.8 Å². The molecular weight excluding hydrogens is 377 g/mol. The van der Waals surface area contributed by atoms with E-state index in [1.54, 1.807) is 19.1 Å². The van der Waals surface area contributed by atoms with Crippen LogP contribution in [0.3, 0.4) is 0 Å². The van der Waals surface area contributed by atoms with Gasteiger partial charge in [0.1, 0.15) is 29.5 Å². The fourth-order valence-corrected chi connectivity index (χ4v) is 4.41. The molecule has 2 N–H and O–H groups in total. The van der Waals surface area contributed by atoms with Gasteiger partial charge in [0.05, 0.1) is 12.1 Å². The number of aryl methyl sites for hydroxylation is 1. The average molecular weight is 403 g/mol. The Kier molecular flexibility index (Phi) is 5.82. The maximum atomic E-state index is 13.5. The summed E-state index contributed by atoms with van der Waals surface area (Å²) in [6.45, 7) is 3.41. The van der Waals surface area contributed by atoms with Crippen LogP contribution in [0.5, 0.6) is 5.75 Å². The zero-order chi connectivity index (χ0) is 20.4. The number of aliphatic hydroxyl groups is 1. The second-order valence-electron chi connectivity index (χ2n) is 7.76. The van der Waals surface area contributed by atoms with Crippen molar-refractivity contribution in [2.45, 2.75) is 56.9 Å². The van der Waals surface area contributed by atoms with Gasteiger partial charge in [0.15, 0.2) is 12.1 Å². The Morgan fingerprint density at radius 3 is 2.83 bits per heavy atom. The molecule has 1 aliphatic heterocycles. The average Bonchev–Trinajstić information content (AvgIpc) is 3.26. The van der Waals surface area contributed by atoms with Crippen molar-refractivity contribution in [2.24, 2.45) is 0 Å². The molecule has 7 nitrogen and oxygen atoms in total. The first-order valence-electron chi connectivity index (χ1n) is 10.1. The number of nitrogens with one attached hydrogen (secondary N) is 1. The van der Waals surface area contributed by atoms with E-state index in [-0.39, 0.29) is 23.7 Å². The highest BCUT2D eigenvalue weighted by atomic mass is 19.1. The van der Waals surface area contributed by atoms with Gasteiger partial charge >= 0.3 is 0 Å². The molecule has 2 fully saturated rings. The Morgan fingerprint density at radius 2 is 2.14 bits per heavy atom. The summed E-state index contributed by atoms with van der Waals surface area (Å²) in [6.07, 6.45) is 3.58. The summed E-state index contributed by atoms with van der Waals surface area (Å²) in [6, 6.07) is 5.29. The standard InChI is InChI=1S/C21H26FN3O4/c1-13-18(23-12-28-13)21(27)24-16-11-17(29-15-7-5-6-14(22)10-15)20(26)19(16)25-8-3-2-4-9-25/h5-7,10,12,16-17,19-20,26H,2-4,8-9,11H2,1H3,(H,24,27)/t16-,17-,19+,20+/m1/s1. The van der Waals surface area contributed by atoms with Crippen molar-refractivity contribution in [3.8, 4) is 5.75 Å². The lowest BCUT2D eigenvalue weighted by Crippen LogP contribution is -2.54.